The third kappa shape index (κ3) is 4.92. The van der Waals surface area contributed by atoms with Gasteiger partial charge in [-0.3, -0.25) is 0 Å². The Morgan fingerprint density at radius 2 is 0.879 bits per heavy atom. The molecule has 0 fully saturated rings. The van der Waals surface area contributed by atoms with Crippen LogP contribution in [-0.4, -0.2) is 18.0 Å². The summed E-state index contributed by atoms with van der Waals surface area (Å²) in [4.78, 5) is 10.7. The van der Waals surface area contributed by atoms with E-state index in [4.69, 9.17) is 14.4 Å². The van der Waals surface area contributed by atoms with Crippen LogP contribution in [0.4, 0.5) is 0 Å². The Kier molecular flexibility index (Phi) is 7.25. The van der Waals surface area contributed by atoms with Crippen LogP contribution in [0.15, 0.2) is 211 Å². The van der Waals surface area contributed by atoms with Crippen LogP contribution in [0.1, 0.15) is 0 Å². The Morgan fingerprint density at radius 3 is 1.60 bits per heavy atom. The second-order valence-electron chi connectivity index (χ2n) is 15.3. The van der Waals surface area contributed by atoms with Crippen molar-refractivity contribution in [3.63, 3.8) is 0 Å². The van der Waals surface area contributed by atoms with Gasteiger partial charge in [-0.15, -0.1) is 0 Å². The Hall–Kier alpha value is -7.40. The van der Waals surface area contributed by atoms with E-state index in [0.29, 0.717) is 0 Å². The summed E-state index contributed by atoms with van der Waals surface area (Å²) in [5, 5.41) is 10.0. The highest BCUT2D eigenvalue weighted by Crippen LogP contribution is 2.35. The van der Waals surface area contributed by atoms with Gasteiger partial charge in [-0.2, -0.15) is 0 Å². The second-order valence-corrected chi connectivity index (χ2v) is 19.0. The molecule has 12 rings (SSSR count). The first-order valence-corrected chi connectivity index (χ1v) is 21.8. The highest BCUT2D eigenvalue weighted by Gasteiger charge is 2.48. The molecule has 58 heavy (non-hydrogen) atoms. The fourth-order valence-electron chi connectivity index (χ4n) is 9.43. The minimum Gasteiger partial charge on any atom is -0.456 e. The van der Waals surface area contributed by atoms with Gasteiger partial charge in [-0.05, 0) is 73.3 Å². The van der Waals surface area contributed by atoms with Crippen molar-refractivity contribution < 1.29 is 4.42 Å². The summed E-state index contributed by atoms with van der Waals surface area (Å²) in [7, 11) is -2.62. The Labute approximate surface area is 336 Å². The van der Waals surface area contributed by atoms with E-state index < -0.39 is 8.07 Å². The van der Waals surface area contributed by atoms with Crippen molar-refractivity contribution >= 4 is 72.6 Å². The number of hydrogen-bond acceptors (Lipinski definition) is 3. The van der Waals surface area contributed by atoms with Gasteiger partial charge >= 0.3 is 0 Å². The molecular formula is C54H34N2OSi. The number of furan rings is 1. The normalized spacial score (nSPS) is 13.0. The maximum Gasteiger partial charge on any atom is 0.180 e. The highest BCUT2D eigenvalue weighted by molar-refractivity contribution is 7.22. The lowest BCUT2D eigenvalue weighted by Gasteiger charge is -2.31. The second kappa shape index (κ2) is 12.8. The average molecular weight is 755 g/mol. The molecule has 0 radical (unpaired) electrons. The number of benzene rings is 8. The van der Waals surface area contributed by atoms with Crippen LogP contribution in [0, 0.1) is 0 Å². The van der Waals surface area contributed by atoms with Crippen LogP contribution >= 0.6 is 0 Å². The molecule has 0 unspecified atom stereocenters. The van der Waals surface area contributed by atoms with Crippen molar-refractivity contribution in [2.24, 2.45) is 0 Å². The number of nitrogens with zero attached hydrogens (tertiary/aromatic N) is 2. The maximum absolute atomic E-state index is 6.08. The van der Waals surface area contributed by atoms with Crippen molar-refractivity contribution in [2.45, 2.75) is 0 Å². The maximum atomic E-state index is 6.08. The fraction of sp³-hybridized carbons (Fsp3) is 0. The van der Waals surface area contributed by atoms with Crippen molar-refractivity contribution in [3.8, 4) is 44.8 Å². The van der Waals surface area contributed by atoms with Gasteiger partial charge in [0, 0.05) is 32.7 Å². The molecule has 1 aliphatic heterocycles. The largest absolute Gasteiger partial charge is 0.456 e. The number of fused-ring (bicyclic) bond motifs is 9. The van der Waals surface area contributed by atoms with Gasteiger partial charge in [0.2, 0.25) is 0 Å². The average Bonchev–Trinajstić information content (AvgIpc) is 3.82. The van der Waals surface area contributed by atoms with Gasteiger partial charge in [0.15, 0.2) is 8.07 Å². The molecule has 11 aromatic rings. The molecule has 0 saturated heterocycles. The predicted octanol–water partition coefficient (Wildman–Crippen LogP) is 11.0. The van der Waals surface area contributed by atoms with E-state index in [0.717, 1.165) is 77.4 Å². The van der Waals surface area contributed by atoms with E-state index in [1.54, 1.807) is 0 Å². The zero-order valence-corrected chi connectivity index (χ0v) is 32.4. The SMILES string of the molecule is c1ccc([Si]2(c3ccccc3)c3ccccc3-c3ccc(-c4ccc5ccc6ccc(-c7ccc(-c8ccc9oc%10ccccc%10c9c8)cc7)nc6c5n4)cc32)cc1. The Morgan fingerprint density at radius 1 is 0.345 bits per heavy atom. The molecule has 0 amide bonds. The zero-order valence-electron chi connectivity index (χ0n) is 31.4. The molecule has 270 valence electrons. The lowest BCUT2D eigenvalue weighted by molar-refractivity contribution is 0.669. The van der Waals surface area contributed by atoms with E-state index >= 15 is 0 Å². The van der Waals surface area contributed by atoms with Crippen molar-refractivity contribution in [2.75, 3.05) is 0 Å². The summed E-state index contributed by atoms with van der Waals surface area (Å²) < 4.78 is 6.08. The standard InChI is InChI=1S/C54H34N2OSi/c1-3-11-41(12-4-1)58(42-13-5-2-6-14-42)51-18-10-8-16-44(51)45-29-25-40(34-52(45)58)48-31-27-38-24-23-37-26-30-47(55-53(37)54(38)56-48)36-21-19-35(20-22-36)39-28-32-50-46(33-39)43-15-7-9-17-49(43)57-50/h1-34H. The summed E-state index contributed by atoms with van der Waals surface area (Å²) in [6, 6.07) is 74.7. The van der Waals surface area contributed by atoms with Crippen molar-refractivity contribution in [1.82, 2.24) is 9.97 Å². The third-order valence-corrected chi connectivity index (χ3v) is 17.0. The van der Waals surface area contributed by atoms with Gasteiger partial charge in [0.25, 0.3) is 0 Å². The molecule has 0 N–H and O–H groups in total. The summed E-state index contributed by atoms with van der Waals surface area (Å²) in [5.41, 5.74) is 12.6. The first kappa shape index (κ1) is 32.8. The minimum absolute atomic E-state index is 0.905. The quantitative estimate of drug-likeness (QED) is 0.130. The van der Waals surface area contributed by atoms with E-state index in [1.165, 1.54) is 31.9 Å². The van der Waals surface area contributed by atoms with E-state index in [2.05, 4.69) is 194 Å². The van der Waals surface area contributed by atoms with Crippen molar-refractivity contribution in [3.05, 3.63) is 206 Å². The topological polar surface area (TPSA) is 38.9 Å². The van der Waals surface area contributed by atoms with Crippen LogP contribution in [-0.2, 0) is 0 Å². The molecule has 3 nitrogen and oxygen atoms in total. The van der Waals surface area contributed by atoms with Gasteiger partial charge < -0.3 is 4.42 Å². The number of hydrogen-bond donors (Lipinski definition) is 0. The molecule has 4 heterocycles. The first-order chi connectivity index (χ1) is 28.7. The molecular weight excluding hydrogens is 721 g/mol. The molecule has 1 aliphatic rings. The van der Waals surface area contributed by atoms with Crippen LogP contribution in [0.3, 0.4) is 0 Å². The van der Waals surface area contributed by atoms with Crippen LogP contribution in [0.5, 0.6) is 0 Å². The monoisotopic (exact) mass is 754 g/mol. The van der Waals surface area contributed by atoms with Crippen molar-refractivity contribution in [1.29, 1.82) is 0 Å². The summed E-state index contributed by atoms with van der Waals surface area (Å²) in [5.74, 6) is 0. The van der Waals surface area contributed by atoms with E-state index in [9.17, 15) is 0 Å². The molecule has 0 atom stereocenters. The lowest BCUT2D eigenvalue weighted by atomic mass is 10.00. The summed E-state index contributed by atoms with van der Waals surface area (Å²) >= 11 is 0. The molecule has 0 bridgehead atoms. The molecule has 0 aliphatic carbocycles. The van der Waals surface area contributed by atoms with Crippen LogP contribution < -0.4 is 20.7 Å². The third-order valence-electron chi connectivity index (χ3n) is 12.2. The Balaban J connectivity index is 0.960. The van der Waals surface area contributed by atoms with E-state index in [-0.39, 0.29) is 0 Å². The van der Waals surface area contributed by atoms with E-state index in [1.807, 2.05) is 12.1 Å². The molecule has 4 heteroatoms. The molecule has 0 saturated carbocycles. The Bertz CT molecular complexity index is 3350. The zero-order chi connectivity index (χ0) is 38.2. The lowest BCUT2D eigenvalue weighted by Crippen LogP contribution is -2.72. The summed E-state index contributed by atoms with van der Waals surface area (Å²) in [6.07, 6.45) is 0. The molecule has 8 aromatic carbocycles. The van der Waals surface area contributed by atoms with Gasteiger partial charge in [0.05, 0.1) is 22.4 Å². The first-order valence-electron chi connectivity index (χ1n) is 19.8. The van der Waals surface area contributed by atoms with Crippen LogP contribution in [0.2, 0.25) is 0 Å². The minimum atomic E-state index is -2.62. The summed E-state index contributed by atoms with van der Waals surface area (Å²) in [6.45, 7) is 0. The predicted molar refractivity (Wildman–Crippen MR) is 243 cm³/mol. The fourth-order valence-corrected chi connectivity index (χ4v) is 14.6. The smallest absolute Gasteiger partial charge is 0.180 e. The molecule has 0 spiro atoms. The van der Waals surface area contributed by atoms with Gasteiger partial charge in [-0.25, -0.2) is 9.97 Å². The van der Waals surface area contributed by atoms with Crippen LogP contribution in [0.25, 0.3) is 88.5 Å². The molecule has 3 aromatic heterocycles. The number of aromatic nitrogens is 2. The van der Waals surface area contributed by atoms with Gasteiger partial charge in [0.1, 0.15) is 11.2 Å². The number of rotatable bonds is 5. The number of para-hydroxylation sites is 1. The number of pyridine rings is 2. The highest BCUT2D eigenvalue weighted by atomic mass is 28.3. The van der Waals surface area contributed by atoms with Gasteiger partial charge in [-0.1, -0.05) is 176 Å².